The number of amides is 1. The number of aliphatic hydroxyl groups excluding tert-OH is 1. The van der Waals surface area contributed by atoms with Gasteiger partial charge in [0, 0.05) is 12.6 Å². The third kappa shape index (κ3) is 5.23. The van der Waals surface area contributed by atoms with Gasteiger partial charge in [-0.3, -0.25) is 4.79 Å². The third-order valence-corrected chi connectivity index (χ3v) is 3.37. The quantitative estimate of drug-likeness (QED) is 0.702. The Balaban J connectivity index is 0.00000256. The van der Waals surface area contributed by atoms with Gasteiger partial charge in [0.1, 0.15) is 0 Å². The van der Waals surface area contributed by atoms with Gasteiger partial charge in [0.25, 0.3) is 0 Å². The molecule has 4 N–H and O–H groups in total. The molecule has 1 amide bonds. The van der Waals surface area contributed by atoms with Crippen LogP contribution < -0.4 is 11.1 Å². The number of nitrogens with two attached hydrogens (primary N) is 1. The maximum Gasteiger partial charge on any atom is 0.240 e. The fourth-order valence-electron chi connectivity index (χ4n) is 2.25. The molecule has 0 saturated heterocycles. The van der Waals surface area contributed by atoms with Crippen LogP contribution in [0.1, 0.15) is 51.9 Å². The highest BCUT2D eigenvalue weighted by atomic mass is 35.5. The summed E-state index contributed by atoms with van der Waals surface area (Å²) >= 11 is 0. The van der Waals surface area contributed by atoms with E-state index in [4.69, 9.17) is 10.8 Å². The molecule has 102 valence electrons. The number of carbonyl (C=O) groups is 1. The van der Waals surface area contributed by atoms with Crippen LogP contribution in [0.15, 0.2) is 0 Å². The lowest BCUT2D eigenvalue weighted by molar-refractivity contribution is -0.128. The van der Waals surface area contributed by atoms with Crippen LogP contribution in [0.5, 0.6) is 0 Å². The minimum absolute atomic E-state index is 0. The van der Waals surface area contributed by atoms with Gasteiger partial charge in [0.2, 0.25) is 5.91 Å². The largest absolute Gasteiger partial charge is 0.396 e. The van der Waals surface area contributed by atoms with Crippen LogP contribution in [-0.4, -0.2) is 29.2 Å². The van der Waals surface area contributed by atoms with E-state index in [1.165, 1.54) is 6.42 Å². The van der Waals surface area contributed by atoms with Crippen molar-refractivity contribution in [3.05, 3.63) is 0 Å². The molecule has 0 heterocycles. The van der Waals surface area contributed by atoms with Gasteiger partial charge < -0.3 is 16.2 Å². The molecule has 0 aromatic carbocycles. The lowest BCUT2D eigenvalue weighted by atomic mass is 9.81. The molecule has 1 rings (SSSR count). The van der Waals surface area contributed by atoms with Crippen molar-refractivity contribution in [3.63, 3.8) is 0 Å². The minimum atomic E-state index is -0.647. The Hall–Kier alpha value is -0.320. The number of carbonyl (C=O) groups excluding carboxylic acids is 1. The van der Waals surface area contributed by atoms with Gasteiger partial charge in [0.05, 0.1) is 5.54 Å². The summed E-state index contributed by atoms with van der Waals surface area (Å²) < 4.78 is 0. The number of hydrogen-bond acceptors (Lipinski definition) is 3. The van der Waals surface area contributed by atoms with Gasteiger partial charge >= 0.3 is 0 Å². The molecule has 4 nitrogen and oxygen atoms in total. The normalized spacial score (nSPS) is 20.2. The van der Waals surface area contributed by atoms with E-state index in [0.29, 0.717) is 0 Å². The molecular weight excluding hydrogens is 240 g/mol. The Morgan fingerprint density at radius 3 is 2.53 bits per heavy atom. The highest BCUT2D eigenvalue weighted by Crippen LogP contribution is 2.26. The summed E-state index contributed by atoms with van der Waals surface area (Å²) in [5.41, 5.74) is 5.47. The maximum atomic E-state index is 12.0. The number of hydrogen-bond donors (Lipinski definition) is 3. The third-order valence-electron chi connectivity index (χ3n) is 3.37. The standard InChI is InChI=1S/C12H24N2O2.ClH/c1-10(6-5-9-15)14-11(16)12(13)7-3-2-4-8-12;/h10,15H,2-9,13H2,1H3,(H,14,16);1H. The molecule has 0 radical (unpaired) electrons. The molecule has 5 heteroatoms. The number of halogens is 1. The zero-order valence-corrected chi connectivity index (χ0v) is 11.4. The summed E-state index contributed by atoms with van der Waals surface area (Å²) in [6, 6.07) is 0.0991. The van der Waals surface area contributed by atoms with E-state index >= 15 is 0 Å². The van der Waals surface area contributed by atoms with Crippen molar-refractivity contribution in [3.8, 4) is 0 Å². The van der Waals surface area contributed by atoms with E-state index < -0.39 is 5.54 Å². The average Bonchev–Trinajstić information content (AvgIpc) is 2.27. The second kappa shape index (κ2) is 7.90. The van der Waals surface area contributed by atoms with Crippen molar-refractivity contribution >= 4 is 18.3 Å². The SMILES string of the molecule is CC(CCCO)NC(=O)C1(N)CCCCC1.Cl. The van der Waals surface area contributed by atoms with Crippen molar-refractivity contribution < 1.29 is 9.90 Å². The molecule has 1 unspecified atom stereocenters. The molecule has 0 bridgehead atoms. The first kappa shape index (κ1) is 16.7. The van der Waals surface area contributed by atoms with Crippen LogP contribution in [0.2, 0.25) is 0 Å². The van der Waals surface area contributed by atoms with Crippen LogP contribution in [0.25, 0.3) is 0 Å². The lowest BCUT2D eigenvalue weighted by Crippen LogP contribution is -2.56. The van der Waals surface area contributed by atoms with Gasteiger partial charge in [-0.1, -0.05) is 19.3 Å². The molecule has 1 aliphatic carbocycles. The number of nitrogens with one attached hydrogen (secondary N) is 1. The molecular formula is C12H25ClN2O2. The lowest BCUT2D eigenvalue weighted by Gasteiger charge is -2.33. The number of rotatable bonds is 5. The monoisotopic (exact) mass is 264 g/mol. The van der Waals surface area contributed by atoms with Crippen molar-refractivity contribution in [2.75, 3.05) is 6.61 Å². The second-order valence-corrected chi connectivity index (χ2v) is 4.96. The van der Waals surface area contributed by atoms with E-state index in [2.05, 4.69) is 5.32 Å². The summed E-state index contributed by atoms with van der Waals surface area (Å²) in [5.74, 6) is -0.0161. The zero-order chi connectivity index (χ0) is 12.0. The van der Waals surface area contributed by atoms with Crippen LogP contribution in [0, 0.1) is 0 Å². The molecule has 1 atom stereocenters. The fourth-order valence-corrected chi connectivity index (χ4v) is 2.25. The molecule has 1 fully saturated rings. The van der Waals surface area contributed by atoms with Gasteiger partial charge in [-0.25, -0.2) is 0 Å². The Kier molecular flexibility index (Phi) is 7.75. The van der Waals surface area contributed by atoms with E-state index in [-0.39, 0.29) is 31.0 Å². The summed E-state index contributed by atoms with van der Waals surface area (Å²) in [6.07, 6.45) is 6.41. The van der Waals surface area contributed by atoms with Gasteiger partial charge in [-0.05, 0) is 32.6 Å². The van der Waals surface area contributed by atoms with E-state index in [0.717, 1.165) is 38.5 Å². The molecule has 0 spiro atoms. The van der Waals surface area contributed by atoms with Gasteiger partial charge in [0.15, 0.2) is 0 Å². The second-order valence-electron chi connectivity index (χ2n) is 4.96. The fraction of sp³-hybridized carbons (Fsp3) is 0.917. The van der Waals surface area contributed by atoms with Crippen molar-refractivity contribution in [2.24, 2.45) is 5.73 Å². The Morgan fingerprint density at radius 2 is 2.00 bits per heavy atom. The molecule has 0 aromatic rings. The highest BCUT2D eigenvalue weighted by Gasteiger charge is 2.35. The smallest absolute Gasteiger partial charge is 0.240 e. The number of aliphatic hydroxyl groups is 1. The summed E-state index contributed by atoms with van der Waals surface area (Å²) in [5, 5.41) is 11.7. The average molecular weight is 265 g/mol. The Morgan fingerprint density at radius 1 is 1.41 bits per heavy atom. The first-order valence-electron chi connectivity index (χ1n) is 6.29. The van der Waals surface area contributed by atoms with Crippen LogP contribution in [0.4, 0.5) is 0 Å². The summed E-state index contributed by atoms with van der Waals surface area (Å²) in [7, 11) is 0. The van der Waals surface area contributed by atoms with Crippen LogP contribution >= 0.6 is 12.4 Å². The van der Waals surface area contributed by atoms with E-state index in [1.807, 2.05) is 6.92 Å². The first-order chi connectivity index (χ1) is 7.58. The van der Waals surface area contributed by atoms with E-state index in [1.54, 1.807) is 0 Å². The predicted octanol–water partition coefficient (Wildman–Crippen LogP) is 1.35. The van der Waals surface area contributed by atoms with Crippen molar-refractivity contribution in [1.29, 1.82) is 0 Å². The predicted molar refractivity (Wildman–Crippen MR) is 71.2 cm³/mol. The van der Waals surface area contributed by atoms with Gasteiger partial charge in [-0.2, -0.15) is 0 Å². The first-order valence-corrected chi connectivity index (χ1v) is 6.29. The molecule has 17 heavy (non-hydrogen) atoms. The van der Waals surface area contributed by atoms with Crippen molar-refractivity contribution in [2.45, 2.75) is 63.5 Å². The Bertz CT molecular complexity index is 231. The van der Waals surface area contributed by atoms with Crippen LogP contribution in [0.3, 0.4) is 0 Å². The molecule has 1 aliphatic rings. The molecule has 0 aromatic heterocycles. The maximum absolute atomic E-state index is 12.0. The molecule has 1 saturated carbocycles. The van der Waals surface area contributed by atoms with Crippen molar-refractivity contribution in [1.82, 2.24) is 5.32 Å². The Labute approximate surface area is 110 Å². The molecule has 0 aliphatic heterocycles. The van der Waals surface area contributed by atoms with Crippen LogP contribution in [-0.2, 0) is 4.79 Å². The van der Waals surface area contributed by atoms with E-state index in [9.17, 15) is 4.79 Å². The summed E-state index contributed by atoms with van der Waals surface area (Å²) in [4.78, 5) is 12.0. The topological polar surface area (TPSA) is 75.3 Å². The zero-order valence-electron chi connectivity index (χ0n) is 10.6. The summed E-state index contributed by atoms with van der Waals surface area (Å²) in [6.45, 7) is 2.13. The van der Waals surface area contributed by atoms with Gasteiger partial charge in [-0.15, -0.1) is 12.4 Å². The highest BCUT2D eigenvalue weighted by molar-refractivity contribution is 5.86. The minimum Gasteiger partial charge on any atom is -0.396 e.